The maximum atomic E-state index is 14.1. The number of amides is 1. The van der Waals surface area contributed by atoms with Gasteiger partial charge in [0.2, 0.25) is 0 Å². The molecule has 0 bridgehead atoms. The van der Waals surface area contributed by atoms with E-state index in [4.69, 9.17) is 4.74 Å². The number of hydrogen-bond donors (Lipinski definition) is 0. The van der Waals surface area contributed by atoms with Gasteiger partial charge in [0.05, 0.1) is 0 Å². The Morgan fingerprint density at radius 1 is 0.861 bits per heavy atom. The SMILES string of the molecule is O=C1C(Br)=CC23C(c4ccccc4)=C([Se]c4ccccc4)C(=O)N2CCOC3C1[Se]c1ccccc1. The Morgan fingerprint density at radius 3 is 2.14 bits per heavy atom. The van der Waals surface area contributed by atoms with E-state index in [1.807, 2.05) is 65.6 Å². The molecule has 3 aromatic rings. The van der Waals surface area contributed by atoms with Gasteiger partial charge in [0.1, 0.15) is 0 Å². The molecular formula is C29H22BrNO3Se2. The van der Waals surface area contributed by atoms with Gasteiger partial charge in [-0.05, 0) is 0 Å². The van der Waals surface area contributed by atoms with E-state index in [0.29, 0.717) is 17.6 Å². The van der Waals surface area contributed by atoms with Gasteiger partial charge in [0, 0.05) is 0 Å². The molecule has 3 unspecified atom stereocenters. The van der Waals surface area contributed by atoms with Crippen LogP contribution in [0.25, 0.3) is 5.57 Å². The molecule has 4 nitrogen and oxygen atoms in total. The molecule has 3 atom stereocenters. The van der Waals surface area contributed by atoms with Crippen LogP contribution in [0.15, 0.2) is 106 Å². The minimum atomic E-state index is -0.823. The van der Waals surface area contributed by atoms with Crippen LogP contribution in [0.5, 0.6) is 0 Å². The summed E-state index contributed by atoms with van der Waals surface area (Å²) >= 11 is 3.26. The fraction of sp³-hybridized carbons (Fsp3) is 0.172. The third-order valence-corrected chi connectivity index (χ3v) is 12.3. The fourth-order valence-electron chi connectivity index (χ4n) is 5.21. The number of rotatable bonds is 5. The first-order chi connectivity index (χ1) is 17.6. The molecule has 6 rings (SSSR count). The van der Waals surface area contributed by atoms with Gasteiger partial charge < -0.3 is 0 Å². The molecule has 7 heteroatoms. The van der Waals surface area contributed by atoms with Gasteiger partial charge in [-0.25, -0.2) is 0 Å². The molecule has 1 saturated heterocycles. The number of ketones is 1. The Morgan fingerprint density at radius 2 is 1.47 bits per heavy atom. The van der Waals surface area contributed by atoms with E-state index in [1.165, 1.54) is 0 Å². The second kappa shape index (κ2) is 9.90. The van der Waals surface area contributed by atoms with Crippen molar-refractivity contribution in [2.24, 2.45) is 0 Å². The van der Waals surface area contributed by atoms with Gasteiger partial charge in [-0.1, -0.05) is 0 Å². The van der Waals surface area contributed by atoms with Crippen molar-refractivity contribution in [2.75, 3.05) is 13.2 Å². The van der Waals surface area contributed by atoms with Crippen LogP contribution >= 0.6 is 15.9 Å². The molecule has 3 aromatic carbocycles. The van der Waals surface area contributed by atoms with Gasteiger partial charge in [0.25, 0.3) is 0 Å². The average Bonchev–Trinajstić information content (AvgIpc) is 3.15. The van der Waals surface area contributed by atoms with E-state index in [0.717, 1.165) is 24.5 Å². The molecule has 0 saturated carbocycles. The Kier molecular flexibility index (Phi) is 6.63. The standard InChI is InChI=1S/C29H22BrNO3Se2/c30-22-18-29-23(19-10-4-1-5-11-19)25(35-20-12-6-2-7-13-20)28(33)31(29)16-17-34-27(29)26(24(22)32)36-21-14-8-3-9-15-21/h1-15,18,26-27H,16-17H2. The van der Waals surface area contributed by atoms with Crippen molar-refractivity contribution in [3.8, 4) is 0 Å². The average molecular weight is 670 g/mol. The molecule has 0 N–H and O–H groups in total. The number of halogens is 1. The van der Waals surface area contributed by atoms with Crippen LogP contribution in [-0.2, 0) is 14.3 Å². The van der Waals surface area contributed by atoms with Crippen molar-refractivity contribution in [3.05, 3.63) is 112 Å². The Balaban J connectivity index is 1.56. The molecule has 1 aliphatic carbocycles. The monoisotopic (exact) mass is 671 g/mol. The van der Waals surface area contributed by atoms with Crippen LogP contribution < -0.4 is 8.92 Å². The summed E-state index contributed by atoms with van der Waals surface area (Å²) < 4.78 is 10.2. The first kappa shape index (κ1) is 24.1. The molecule has 1 spiro atoms. The van der Waals surface area contributed by atoms with Gasteiger partial charge >= 0.3 is 232 Å². The van der Waals surface area contributed by atoms with Crippen molar-refractivity contribution in [1.82, 2.24) is 4.90 Å². The molecule has 0 aromatic heterocycles. The number of carbonyl (C=O) groups is 2. The summed E-state index contributed by atoms with van der Waals surface area (Å²) in [7, 11) is 0. The van der Waals surface area contributed by atoms with Crippen LogP contribution in [0.3, 0.4) is 0 Å². The minimum absolute atomic E-state index is 0.0539. The predicted octanol–water partition coefficient (Wildman–Crippen LogP) is 3.09. The van der Waals surface area contributed by atoms with Crippen LogP contribution in [0.2, 0.25) is 4.82 Å². The van der Waals surface area contributed by atoms with E-state index >= 15 is 0 Å². The van der Waals surface area contributed by atoms with Crippen LogP contribution in [0, 0.1) is 0 Å². The van der Waals surface area contributed by atoms with E-state index < -0.39 is 11.6 Å². The summed E-state index contributed by atoms with van der Waals surface area (Å²) in [5.74, 6) is 0.112. The first-order valence-corrected chi connectivity index (χ1v) is 16.1. The van der Waals surface area contributed by atoms with E-state index in [1.54, 1.807) is 0 Å². The molecule has 180 valence electrons. The number of ether oxygens (including phenoxy) is 1. The predicted molar refractivity (Wildman–Crippen MR) is 147 cm³/mol. The first-order valence-electron chi connectivity index (χ1n) is 11.7. The maximum absolute atomic E-state index is 14.1. The van der Waals surface area contributed by atoms with Crippen molar-refractivity contribution in [1.29, 1.82) is 0 Å². The summed E-state index contributed by atoms with van der Waals surface area (Å²) in [5.41, 5.74) is 1.17. The zero-order valence-electron chi connectivity index (χ0n) is 19.2. The number of benzene rings is 3. The second-order valence-electron chi connectivity index (χ2n) is 8.77. The summed E-state index contributed by atoms with van der Waals surface area (Å²) in [4.78, 5) is 29.3. The Bertz CT molecular complexity index is 1380. The molecule has 0 radical (unpaired) electrons. The van der Waals surface area contributed by atoms with E-state index in [2.05, 4.69) is 52.3 Å². The zero-order valence-corrected chi connectivity index (χ0v) is 24.2. The zero-order chi connectivity index (χ0) is 24.7. The third-order valence-electron chi connectivity index (χ3n) is 6.71. The normalized spacial score (nSPS) is 25.5. The number of Topliss-reactive ketones (excluding diaryl/α,β-unsaturated/α-hetero) is 1. The number of morpholine rings is 1. The van der Waals surface area contributed by atoms with E-state index in [-0.39, 0.29) is 46.4 Å². The quantitative estimate of drug-likeness (QED) is 0.393. The summed E-state index contributed by atoms with van der Waals surface area (Å²) in [6.07, 6.45) is 1.52. The van der Waals surface area contributed by atoms with Gasteiger partial charge in [-0.3, -0.25) is 0 Å². The summed E-state index contributed by atoms with van der Waals surface area (Å²) in [5, 5.41) is 0. The van der Waals surface area contributed by atoms with Gasteiger partial charge in [0.15, 0.2) is 0 Å². The van der Waals surface area contributed by atoms with Gasteiger partial charge in [-0.15, -0.1) is 0 Å². The summed E-state index contributed by atoms with van der Waals surface area (Å²) in [6, 6.07) is 30.5. The van der Waals surface area contributed by atoms with Crippen molar-refractivity contribution in [3.63, 3.8) is 0 Å². The molecule has 1 fully saturated rings. The molecule has 3 aliphatic rings. The number of carbonyl (C=O) groups excluding carboxylic acids is 2. The second-order valence-corrected chi connectivity index (χ2v) is 14.4. The number of allylic oxidation sites excluding steroid dienone is 1. The molecule has 2 aliphatic heterocycles. The molecule has 36 heavy (non-hydrogen) atoms. The van der Waals surface area contributed by atoms with Crippen molar-refractivity contribution >= 4 is 72.0 Å². The Labute approximate surface area is 231 Å². The van der Waals surface area contributed by atoms with Gasteiger partial charge in [-0.2, -0.15) is 0 Å². The molecule has 2 heterocycles. The number of nitrogens with zero attached hydrogens (tertiary/aromatic N) is 1. The topological polar surface area (TPSA) is 46.6 Å². The van der Waals surface area contributed by atoms with Crippen LogP contribution in [0.4, 0.5) is 0 Å². The van der Waals surface area contributed by atoms with Crippen LogP contribution in [0.1, 0.15) is 5.56 Å². The van der Waals surface area contributed by atoms with E-state index in [9.17, 15) is 9.59 Å². The van der Waals surface area contributed by atoms with Crippen molar-refractivity contribution < 1.29 is 14.3 Å². The third kappa shape index (κ3) is 3.99. The molecular weight excluding hydrogens is 648 g/mol. The Hall–Kier alpha value is -2.24. The van der Waals surface area contributed by atoms with Crippen molar-refractivity contribution in [2.45, 2.75) is 16.5 Å². The fourth-order valence-corrected chi connectivity index (χ4v) is 11.1. The number of hydrogen-bond acceptors (Lipinski definition) is 3. The summed E-state index contributed by atoms with van der Waals surface area (Å²) in [6.45, 7) is 0.919. The molecule has 1 amide bonds. The van der Waals surface area contributed by atoms with Crippen LogP contribution in [-0.4, -0.2) is 71.3 Å².